The molecule has 1 aromatic carbocycles. The quantitative estimate of drug-likeness (QED) is 0.665. The lowest BCUT2D eigenvalue weighted by Gasteiger charge is -2.34. The van der Waals surface area contributed by atoms with Crippen molar-refractivity contribution in [1.82, 2.24) is 19.9 Å². The molecule has 156 valence electrons. The Morgan fingerprint density at radius 3 is 2.77 bits per heavy atom. The van der Waals surface area contributed by atoms with E-state index in [9.17, 15) is 4.39 Å². The molecule has 4 rings (SSSR count). The number of rotatable bonds is 5. The number of benzene rings is 1. The fourth-order valence-corrected chi connectivity index (χ4v) is 3.74. The summed E-state index contributed by atoms with van der Waals surface area (Å²) in [6, 6.07) is 10.7. The molecule has 2 atom stereocenters. The number of hydrogen-bond acceptors (Lipinski definition) is 6. The second kappa shape index (κ2) is 8.75. The Morgan fingerprint density at radius 2 is 2.00 bits per heavy atom. The van der Waals surface area contributed by atoms with Crippen LogP contribution in [0.3, 0.4) is 0 Å². The first kappa shape index (κ1) is 20.2. The van der Waals surface area contributed by atoms with Crippen LogP contribution in [0.25, 0.3) is 11.3 Å². The molecule has 30 heavy (non-hydrogen) atoms. The van der Waals surface area contributed by atoms with Crippen molar-refractivity contribution in [3.05, 3.63) is 60.4 Å². The van der Waals surface area contributed by atoms with Gasteiger partial charge in [0.1, 0.15) is 23.2 Å². The van der Waals surface area contributed by atoms with Crippen LogP contribution in [0.5, 0.6) is 5.75 Å². The number of nitrogens with one attached hydrogen (secondary N) is 1. The summed E-state index contributed by atoms with van der Waals surface area (Å²) < 4.78 is 19.0. The molecule has 2 aromatic heterocycles. The minimum absolute atomic E-state index is 0.234. The van der Waals surface area contributed by atoms with Gasteiger partial charge in [-0.25, -0.2) is 14.4 Å². The van der Waals surface area contributed by atoms with Crippen LogP contribution < -0.4 is 10.1 Å². The van der Waals surface area contributed by atoms with E-state index in [4.69, 9.17) is 14.7 Å². The molecule has 1 aliphatic rings. The van der Waals surface area contributed by atoms with E-state index in [-0.39, 0.29) is 11.7 Å². The summed E-state index contributed by atoms with van der Waals surface area (Å²) in [5.74, 6) is 2.02. The number of nitrogens with zero attached hydrogens (tertiary/aromatic N) is 4. The van der Waals surface area contributed by atoms with Gasteiger partial charge in [0, 0.05) is 42.0 Å². The lowest BCUT2D eigenvalue weighted by atomic mass is 9.93. The molecule has 0 radical (unpaired) electrons. The number of likely N-dealkylation sites (tertiary alicyclic amines) is 1. The topological polar surface area (TPSA) is 63.2 Å². The molecule has 1 saturated heterocycles. The van der Waals surface area contributed by atoms with Crippen molar-refractivity contribution in [2.75, 3.05) is 26.0 Å². The molecule has 3 aromatic rings. The lowest BCUT2D eigenvalue weighted by Crippen LogP contribution is -2.38. The van der Waals surface area contributed by atoms with Crippen LogP contribution in [0.2, 0.25) is 0 Å². The molecule has 7 heteroatoms. The van der Waals surface area contributed by atoms with Gasteiger partial charge in [-0.05, 0) is 51.1 Å². The van der Waals surface area contributed by atoms with Crippen molar-refractivity contribution >= 4 is 11.5 Å². The van der Waals surface area contributed by atoms with Gasteiger partial charge in [-0.15, -0.1) is 0 Å². The van der Waals surface area contributed by atoms with Gasteiger partial charge in [0.15, 0.2) is 0 Å². The summed E-state index contributed by atoms with van der Waals surface area (Å²) in [6.45, 7) is 3.15. The van der Waals surface area contributed by atoms with Crippen molar-refractivity contribution in [2.24, 2.45) is 0 Å². The number of likely N-dealkylation sites (N-methyl/N-ethyl adjacent to an activating group) is 1. The van der Waals surface area contributed by atoms with Gasteiger partial charge in [-0.2, -0.15) is 0 Å². The molecule has 0 saturated carbocycles. The van der Waals surface area contributed by atoms with E-state index in [2.05, 4.69) is 29.2 Å². The third kappa shape index (κ3) is 4.57. The molecule has 1 N–H and O–H groups in total. The summed E-state index contributed by atoms with van der Waals surface area (Å²) in [6.07, 6.45) is 5.55. The number of anilines is 2. The van der Waals surface area contributed by atoms with Crippen LogP contribution in [0.15, 0.2) is 48.8 Å². The predicted octanol–water partition coefficient (Wildman–Crippen LogP) is 4.63. The average Bonchev–Trinajstić information content (AvgIpc) is 2.75. The summed E-state index contributed by atoms with van der Waals surface area (Å²) in [4.78, 5) is 16.3. The first-order chi connectivity index (χ1) is 14.5. The highest BCUT2D eigenvalue weighted by atomic mass is 19.1. The van der Waals surface area contributed by atoms with Gasteiger partial charge in [0.2, 0.25) is 0 Å². The maximum absolute atomic E-state index is 13.6. The molecule has 0 bridgehead atoms. The molecule has 0 spiro atoms. The van der Waals surface area contributed by atoms with Crippen LogP contribution in [0.4, 0.5) is 15.9 Å². The number of hydrogen-bond donors (Lipinski definition) is 1. The molecule has 0 aliphatic carbocycles. The van der Waals surface area contributed by atoms with Gasteiger partial charge in [0.25, 0.3) is 0 Å². The van der Waals surface area contributed by atoms with E-state index in [1.54, 1.807) is 25.6 Å². The maximum atomic E-state index is 13.6. The van der Waals surface area contributed by atoms with Gasteiger partial charge >= 0.3 is 0 Å². The Hall–Kier alpha value is -3.06. The van der Waals surface area contributed by atoms with Crippen molar-refractivity contribution < 1.29 is 9.13 Å². The fourth-order valence-electron chi connectivity index (χ4n) is 3.74. The van der Waals surface area contributed by atoms with Crippen molar-refractivity contribution in [3.8, 4) is 17.0 Å². The molecular formula is C23H26FN5O. The highest BCUT2D eigenvalue weighted by Crippen LogP contribution is 2.31. The molecule has 1 fully saturated rings. The van der Waals surface area contributed by atoms with Crippen LogP contribution >= 0.6 is 0 Å². The number of pyridine rings is 1. The third-order valence-corrected chi connectivity index (χ3v) is 5.64. The van der Waals surface area contributed by atoms with Crippen molar-refractivity contribution in [2.45, 2.75) is 31.7 Å². The van der Waals surface area contributed by atoms with Crippen LogP contribution in [0.1, 0.15) is 31.5 Å². The van der Waals surface area contributed by atoms with Crippen molar-refractivity contribution in [1.29, 1.82) is 0 Å². The van der Waals surface area contributed by atoms with E-state index in [1.807, 2.05) is 18.2 Å². The summed E-state index contributed by atoms with van der Waals surface area (Å²) >= 11 is 0. The second-order valence-corrected chi connectivity index (χ2v) is 7.81. The first-order valence-corrected chi connectivity index (χ1v) is 10.1. The standard InChI is InChI=1S/C23H26FN5O/c1-15-7-8-16(14-29(15)2)23-27-21(17-9-20(30-3)13-25-12-17)11-22(28-23)26-19-6-4-5-18(24)10-19/h4-6,9-13,15-16H,7-8,14H2,1-3H3,(H,26,27,28)/t15-,16+/m1/s1. The number of aromatic nitrogens is 3. The summed E-state index contributed by atoms with van der Waals surface area (Å²) in [5, 5.41) is 3.23. The van der Waals surface area contributed by atoms with Crippen LogP contribution in [-0.2, 0) is 0 Å². The number of halogens is 1. The molecule has 1 aliphatic heterocycles. The Kier molecular flexibility index (Phi) is 5.90. The average molecular weight is 407 g/mol. The lowest BCUT2D eigenvalue weighted by molar-refractivity contribution is 0.177. The zero-order chi connectivity index (χ0) is 21.1. The van der Waals surface area contributed by atoms with E-state index in [1.165, 1.54) is 12.1 Å². The van der Waals surface area contributed by atoms with Crippen molar-refractivity contribution in [3.63, 3.8) is 0 Å². The zero-order valence-electron chi connectivity index (χ0n) is 17.5. The number of piperidine rings is 1. The third-order valence-electron chi connectivity index (χ3n) is 5.64. The number of ether oxygens (including phenoxy) is 1. The largest absolute Gasteiger partial charge is 0.495 e. The van der Waals surface area contributed by atoms with Gasteiger partial charge in [0.05, 0.1) is 19.0 Å². The normalized spacial score (nSPS) is 19.5. The zero-order valence-corrected chi connectivity index (χ0v) is 17.5. The fraction of sp³-hybridized carbons (Fsp3) is 0.348. The van der Waals surface area contributed by atoms with Gasteiger partial charge in [-0.3, -0.25) is 4.98 Å². The highest BCUT2D eigenvalue weighted by molar-refractivity contribution is 5.66. The van der Waals surface area contributed by atoms with Gasteiger partial charge in [-0.1, -0.05) is 6.07 Å². The van der Waals surface area contributed by atoms with Crippen LogP contribution in [0, 0.1) is 5.82 Å². The molecular weight excluding hydrogens is 381 g/mol. The summed E-state index contributed by atoms with van der Waals surface area (Å²) in [5.41, 5.74) is 2.24. The Labute approximate surface area is 176 Å². The molecule has 0 amide bonds. The summed E-state index contributed by atoms with van der Waals surface area (Å²) in [7, 11) is 3.75. The van der Waals surface area contributed by atoms with E-state index >= 15 is 0 Å². The second-order valence-electron chi connectivity index (χ2n) is 7.81. The monoisotopic (exact) mass is 407 g/mol. The smallest absolute Gasteiger partial charge is 0.137 e. The van der Waals surface area contributed by atoms with E-state index in [0.717, 1.165) is 36.5 Å². The Balaban J connectivity index is 1.73. The SMILES string of the molecule is COc1cncc(-c2cc(Nc3cccc(F)c3)nc([C@H]3CC[C@@H](C)N(C)C3)n2)c1. The van der Waals surface area contributed by atoms with Crippen LogP contribution in [-0.4, -0.2) is 46.6 Å². The minimum atomic E-state index is -0.297. The molecule has 3 heterocycles. The molecule has 6 nitrogen and oxygen atoms in total. The number of methoxy groups -OCH3 is 1. The Bertz CT molecular complexity index is 1030. The van der Waals surface area contributed by atoms with E-state index < -0.39 is 0 Å². The van der Waals surface area contributed by atoms with E-state index in [0.29, 0.717) is 23.3 Å². The first-order valence-electron chi connectivity index (χ1n) is 10.1. The predicted molar refractivity (Wildman–Crippen MR) is 116 cm³/mol. The maximum Gasteiger partial charge on any atom is 0.137 e. The highest BCUT2D eigenvalue weighted by Gasteiger charge is 2.26. The Morgan fingerprint density at radius 1 is 1.13 bits per heavy atom. The van der Waals surface area contributed by atoms with Gasteiger partial charge < -0.3 is 15.0 Å². The molecule has 0 unspecified atom stereocenters. The minimum Gasteiger partial charge on any atom is -0.495 e.